The molecule has 2 aromatic carbocycles. The molecule has 0 saturated carbocycles. The van der Waals surface area contributed by atoms with Gasteiger partial charge in [0, 0.05) is 0 Å². The van der Waals surface area contributed by atoms with Crippen LogP contribution >= 0.6 is 0 Å². The van der Waals surface area contributed by atoms with E-state index in [1.165, 1.54) is 5.56 Å². The largest absolute Gasteiger partial charge is 0.497 e. The van der Waals surface area contributed by atoms with Gasteiger partial charge in [-0.3, -0.25) is 0 Å². The number of aryl methyl sites for hydroxylation is 1. The second-order valence-corrected chi connectivity index (χ2v) is 5.62. The normalized spacial score (nSPS) is 14.1. The van der Waals surface area contributed by atoms with E-state index in [1.54, 1.807) is 7.11 Å². The summed E-state index contributed by atoms with van der Waals surface area (Å²) >= 11 is 0. The Hall–Kier alpha value is -1.80. The van der Waals surface area contributed by atoms with Gasteiger partial charge in [0.25, 0.3) is 0 Å². The van der Waals surface area contributed by atoms with Gasteiger partial charge >= 0.3 is 0 Å². The van der Waals surface area contributed by atoms with Crippen molar-refractivity contribution in [3.63, 3.8) is 0 Å². The third-order valence-corrected chi connectivity index (χ3v) is 4.01. The highest BCUT2D eigenvalue weighted by Gasteiger charge is 2.33. The summed E-state index contributed by atoms with van der Waals surface area (Å²) in [4.78, 5) is 0. The zero-order chi connectivity index (χ0) is 14.8. The van der Waals surface area contributed by atoms with E-state index >= 15 is 0 Å². The van der Waals surface area contributed by atoms with Crippen LogP contribution in [0.25, 0.3) is 0 Å². The predicted molar refractivity (Wildman–Crippen MR) is 84.0 cm³/mol. The molecule has 2 aromatic rings. The number of rotatable bonds is 4. The van der Waals surface area contributed by atoms with E-state index in [2.05, 4.69) is 57.2 Å². The molecule has 0 saturated heterocycles. The average molecular weight is 269 g/mol. The molecule has 0 amide bonds. The molecule has 0 aliphatic rings. The Labute approximate surface area is 121 Å². The molecule has 2 rings (SSSR count). The second kappa shape index (κ2) is 5.68. The van der Waals surface area contributed by atoms with Crippen molar-refractivity contribution in [2.24, 2.45) is 11.7 Å². The molecule has 1 unspecified atom stereocenters. The van der Waals surface area contributed by atoms with Crippen LogP contribution in [0.4, 0.5) is 0 Å². The Morgan fingerprint density at radius 2 is 1.35 bits per heavy atom. The van der Waals surface area contributed by atoms with E-state index in [1.807, 2.05) is 12.1 Å². The molecule has 20 heavy (non-hydrogen) atoms. The highest BCUT2D eigenvalue weighted by Crippen LogP contribution is 2.35. The van der Waals surface area contributed by atoms with E-state index in [0.717, 1.165) is 16.9 Å². The van der Waals surface area contributed by atoms with Crippen molar-refractivity contribution in [2.75, 3.05) is 7.11 Å². The van der Waals surface area contributed by atoms with Crippen molar-refractivity contribution in [1.29, 1.82) is 0 Å². The lowest BCUT2D eigenvalue weighted by Crippen LogP contribution is -2.43. The van der Waals surface area contributed by atoms with Gasteiger partial charge in [-0.15, -0.1) is 0 Å². The maximum Gasteiger partial charge on any atom is 0.118 e. The molecule has 0 heterocycles. The fourth-order valence-electron chi connectivity index (χ4n) is 2.53. The summed E-state index contributed by atoms with van der Waals surface area (Å²) in [6.07, 6.45) is 0. The minimum absolute atomic E-state index is 0.290. The van der Waals surface area contributed by atoms with Crippen molar-refractivity contribution < 1.29 is 4.74 Å². The fourth-order valence-corrected chi connectivity index (χ4v) is 2.53. The molecule has 1 atom stereocenters. The fraction of sp³-hybridized carbons (Fsp3) is 0.333. The van der Waals surface area contributed by atoms with Crippen molar-refractivity contribution in [1.82, 2.24) is 0 Å². The van der Waals surface area contributed by atoms with Crippen molar-refractivity contribution in [3.8, 4) is 5.75 Å². The molecule has 0 radical (unpaired) electrons. The number of hydrogen-bond donors (Lipinski definition) is 1. The third-order valence-electron chi connectivity index (χ3n) is 4.01. The summed E-state index contributed by atoms with van der Waals surface area (Å²) in [5.74, 6) is 1.14. The molecule has 0 aromatic heterocycles. The third kappa shape index (κ3) is 2.56. The first kappa shape index (κ1) is 14.6. The Balaban J connectivity index is 2.50. The molecule has 2 heteroatoms. The molecule has 0 spiro atoms. The van der Waals surface area contributed by atoms with Crippen LogP contribution in [0.15, 0.2) is 48.5 Å². The number of methoxy groups -OCH3 is 1. The van der Waals surface area contributed by atoms with Crippen LogP contribution in [-0.2, 0) is 5.54 Å². The van der Waals surface area contributed by atoms with Gasteiger partial charge < -0.3 is 10.5 Å². The maximum absolute atomic E-state index is 6.78. The van der Waals surface area contributed by atoms with Gasteiger partial charge in [0.05, 0.1) is 12.6 Å². The highest BCUT2D eigenvalue weighted by molar-refractivity contribution is 5.41. The number of nitrogens with two attached hydrogens (primary N) is 1. The van der Waals surface area contributed by atoms with Crippen LogP contribution in [0.3, 0.4) is 0 Å². The Morgan fingerprint density at radius 1 is 0.900 bits per heavy atom. The molecular weight excluding hydrogens is 246 g/mol. The number of benzene rings is 2. The first-order valence-electron chi connectivity index (χ1n) is 6.99. The average Bonchev–Trinajstić information content (AvgIpc) is 2.47. The van der Waals surface area contributed by atoms with Crippen molar-refractivity contribution >= 4 is 0 Å². The summed E-state index contributed by atoms with van der Waals surface area (Å²) in [5, 5.41) is 0. The zero-order valence-electron chi connectivity index (χ0n) is 12.7. The Bertz CT molecular complexity index is 557. The Morgan fingerprint density at radius 3 is 1.75 bits per heavy atom. The second-order valence-electron chi connectivity index (χ2n) is 5.62. The van der Waals surface area contributed by atoms with Crippen molar-refractivity contribution in [2.45, 2.75) is 26.3 Å². The first-order chi connectivity index (χ1) is 9.48. The van der Waals surface area contributed by atoms with Crippen LogP contribution < -0.4 is 10.5 Å². The zero-order valence-corrected chi connectivity index (χ0v) is 12.7. The summed E-state index contributed by atoms with van der Waals surface area (Å²) in [6, 6.07) is 16.5. The summed E-state index contributed by atoms with van der Waals surface area (Å²) in [7, 11) is 1.67. The summed E-state index contributed by atoms with van der Waals surface area (Å²) in [6.45, 7) is 6.40. The van der Waals surface area contributed by atoms with Crippen LogP contribution in [-0.4, -0.2) is 7.11 Å². The van der Waals surface area contributed by atoms with E-state index in [4.69, 9.17) is 10.5 Å². The predicted octanol–water partition coefficient (Wildman–Crippen LogP) is 3.86. The van der Waals surface area contributed by atoms with E-state index < -0.39 is 5.54 Å². The molecular formula is C18H23NO. The number of hydrogen-bond acceptors (Lipinski definition) is 2. The molecule has 0 aliphatic heterocycles. The van der Waals surface area contributed by atoms with Crippen LogP contribution in [0, 0.1) is 12.8 Å². The first-order valence-corrected chi connectivity index (χ1v) is 6.99. The van der Waals surface area contributed by atoms with Gasteiger partial charge in [0.2, 0.25) is 0 Å². The SMILES string of the molecule is COc1ccc(C(N)(c2ccc(C)cc2)C(C)C)cc1. The lowest BCUT2D eigenvalue weighted by Gasteiger charge is -2.35. The van der Waals surface area contributed by atoms with Gasteiger partial charge in [0.15, 0.2) is 0 Å². The molecule has 2 nitrogen and oxygen atoms in total. The molecule has 0 aliphatic carbocycles. The Kier molecular flexibility index (Phi) is 4.15. The van der Waals surface area contributed by atoms with Crippen LogP contribution in [0.5, 0.6) is 5.75 Å². The standard InChI is InChI=1S/C18H23NO/c1-13(2)18(19,15-7-5-14(3)6-8-15)16-9-11-17(20-4)12-10-16/h5-13H,19H2,1-4H3. The smallest absolute Gasteiger partial charge is 0.118 e. The molecule has 2 N–H and O–H groups in total. The molecule has 0 fully saturated rings. The lowest BCUT2D eigenvalue weighted by atomic mass is 9.75. The number of ether oxygens (including phenoxy) is 1. The summed E-state index contributed by atoms with van der Waals surface area (Å²) < 4.78 is 5.22. The van der Waals surface area contributed by atoms with Gasteiger partial charge in [-0.2, -0.15) is 0 Å². The quantitative estimate of drug-likeness (QED) is 0.914. The molecule has 106 valence electrons. The highest BCUT2D eigenvalue weighted by atomic mass is 16.5. The van der Waals surface area contributed by atoms with E-state index in [0.29, 0.717) is 5.92 Å². The van der Waals surface area contributed by atoms with Crippen LogP contribution in [0.1, 0.15) is 30.5 Å². The van der Waals surface area contributed by atoms with Crippen molar-refractivity contribution in [3.05, 3.63) is 65.2 Å². The summed E-state index contributed by atoms with van der Waals surface area (Å²) in [5.41, 5.74) is 9.79. The van der Waals surface area contributed by atoms with Gasteiger partial charge in [-0.1, -0.05) is 55.8 Å². The maximum atomic E-state index is 6.78. The minimum Gasteiger partial charge on any atom is -0.497 e. The van der Waals surface area contributed by atoms with Crippen LogP contribution in [0.2, 0.25) is 0 Å². The monoisotopic (exact) mass is 269 g/mol. The van der Waals surface area contributed by atoms with E-state index in [-0.39, 0.29) is 0 Å². The minimum atomic E-state index is -0.486. The van der Waals surface area contributed by atoms with E-state index in [9.17, 15) is 0 Å². The van der Waals surface area contributed by atoms with Gasteiger partial charge in [-0.05, 0) is 36.1 Å². The lowest BCUT2D eigenvalue weighted by molar-refractivity contribution is 0.381. The van der Waals surface area contributed by atoms with Gasteiger partial charge in [0.1, 0.15) is 5.75 Å². The van der Waals surface area contributed by atoms with Gasteiger partial charge in [-0.25, -0.2) is 0 Å². The topological polar surface area (TPSA) is 35.2 Å². The molecule has 0 bridgehead atoms.